The van der Waals surface area contributed by atoms with Crippen LogP contribution in [0, 0.1) is 0 Å². The van der Waals surface area contributed by atoms with Crippen LogP contribution in [-0.2, 0) is 12.8 Å². The van der Waals surface area contributed by atoms with E-state index in [-0.39, 0.29) is 0 Å². The Morgan fingerprint density at radius 1 is 1.42 bits per heavy atom. The van der Waals surface area contributed by atoms with Crippen LogP contribution < -0.4 is 0 Å². The van der Waals surface area contributed by atoms with Crippen molar-refractivity contribution < 1.29 is 0 Å². The molecule has 0 aliphatic rings. The highest BCUT2D eigenvalue weighted by molar-refractivity contribution is 5.38. The molecule has 2 rings (SSSR count). The van der Waals surface area contributed by atoms with E-state index >= 15 is 0 Å². The average molecular weight is 164 g/mol. The number of H-pyrrole nitrogens is 1. The van der Waals surface area contributed by atoms with Gasteiger partial charge in [0.05, 0.1) is 0 Å². The van der Waals surface area contributed by atoms with E-state index in [1.54, 1.807) is 4.63 Å². The Balaban J connectivity index is 2.52. The van der Waals surface area contributed by atoms with E-state index < -0.39 is 0 Å². The molecular weight excluding hydrogens is 152 g/mol. The Morgan fingerprint density at radius 2 is 2.25 bits per heavy atom. The number of aromatic nitrogens is 4. The molecule has 0 aliphatic carbocycles. The Morgan fingerprint density at radius 3 is 2.83 bits per heavy atom. The fourth-order valence-electron chi connectivity index (χ4n) is 1.20. The molecule has 2 heterocycles. The van der Waals surface area contributed by atoms with Crippen molar-refractivity contribution in [2.24, 2.45) is 0 Å². The van der Waals surface area contributed by atoms with Gasteiger partial charge in [-0.05, 0) is 6.42 Å². The molecule has 4 heteroatoms. The molecule has 64 valence electrons. The van der Waals surface area contributed by atoms with Gasteiger partial charge in [-0.15, -0.1) is 5.10 Å². The van der Waals surface area contributed by atoms with Gasteiger partial charge in [0.15, 0.2) is 11.5 Å². The van der Waals surface area contributed by atoms with Crippen molar-refractivity contribution in [3.05, 3.63) is 17.6 Å². The van der Waals surface area contributed by atoms with E-state index in [0.29, 0.717) is 0 Å². The van der Waals surface area contributed by atoms with Crippen molar-refractivity contribution in [2.75, 3.05) is 0 Å². The number of hydrogen-bond donors (Lipinski definition) is 1. The lowest BCUT2D eigenvalue weighted by Crippen LogP contribution is -1.90. The van der Waals surface area contributed by atoms with Crippen LogP contribution in [-0.4, -0.2) is 19.8 Å². The predicted molar refractivity (Wildman–Crippen MR) is 46.1 cm³/mol. The summed E-state index contributed by atoms with van der Waals surface area (Å²) >= 11 is 0. The second-order valence-electron chi connectivity index (χ2n) is 2.79. The zero-order chi connectivity index (χ0) is 8.55. The molecule has 0 saturated heterocycles. The Bertz CT molecular complexity index is 320. The van der Waals surface area contributed by atoms with Crippen molar-refractivity contribution in [3.63, 3.8) is 0 Å². The summed E-state index contributed by atoms with van der Waals surface area (Å²) in [5, 5.41) is 7.39. The second-order valence-corrected chi connectivity index (χ2v) is 2.79. The maximum Gasteiger partial charge on any atom is 0.175 e. The molecule has 0 amide bonds. The standard InChI is InChI=1S/C8H12N4/c1-3-6-5-8-9-7(4-2)11-12(8)10-6/h5,10H,3-4H2,1-2H3. The van der Waals surface area contributed by atoms with Crippen LogP contribution in [0.4, 0.5) is 0 Å². The number of fused-ring (bicyclic) bond motifs is 1. The quantitative estimate of drug-likeness (QED) is 0.724. The van der Waals surface area contributed by atoms with Crippen LogP contribution in [0.15, 0.2) is 6.07 Å². The Hall–Kier alpha value is -1.32. The minimum atomic E-state index is 0.886. The molecular formula is C8H12N4. The SMILES string of the molecule is CCc1nc2cc(CC)[nH]n2n1. The lowest BCUT2D eigenvalue weighted by atomic mass is 10.3. The first-order chi connectivity index (χ1) is 5.83. The normalized spacial score (nSPS) is 11.2. The first kappa shape index (κ1) is 7.34. The van der Waals surface area contributed by atoms with Gasteiger partial charge in [0.2, 0.25) is 0 Å². The number of nitrogens with zero attached hydrogens (tertiary/aromatic N) is 3. The van der Waals surface area contributed by atoms with Gasteiger partial charge in [0.25, 0.3) is 0 Å². The zero-order valence-electron chi connectivity index (χ0n) is 7.33. The Labute approximate surface area is 70.6 Å². The van der Waals surface area contributed by atoms with Crippen molar-refractivity contribution >= 4 is 5.65 Å². The van der Waals surface area contributed by atoms with Gasteiger partial charge in [-0.1, -0.05) is 13.8 Å². The van der Waals surface area contributed by atoms with E-state index in [0.717, 1.165) is 24.3 Å². The summed E-state index contributed by atoms with van der Waals surface area (Å²) in [6.45, 7) is 4.15. The van der Waals surface area contributed by atoms with E-state index in [1.807, 2.05) is 6.07 Å². The average Bonchev–Trinajstić information content (AvgIpc) is 2.59. The van der Waals surface area contributed by atoms with Gasteiger partial charge >= 0.3 is 0 Å². The molecule has 2 aromatic rings. The van der Waals surface area contributed by atoms with Crippen molar-refractivity contribution in [2.45, 2.75) is 26.7 Å². The van der Waals surface area contributed by atoms with Crippen molar-refractivity contribution in [1.29, 1.82) is 0 Å². The molecule has 1 N–H and O–H groups in total. The fraction of sp³-hybridized carbons (Fsp3) is 0.500. The van der Waals surface area contributed by atoms with Crippen LogP contribution in [0.5, 0.6) is 0 Å². The lowest BCUT2D eigenvalue weighted by Gasteiger charge is -1.85. The molecule has 0 radical (unpaired) electrons. The predicted octanol–water partition coefficient (Wildman–Crippen LogP) is 1.18. The number of aryl methyl sites for hydroxylation is 2. The molecule has 12 heavy (non-hydrogen) atoms. The van der Waals surface area contributed by atoms with Crippen LogP contribution in [0.25, 0.3) is 5.65 Å². The first-order valence-electron chi connectivity index (χ1n) is 4.27. The van der Waals surface area contributed by atoms with Gasteiger partial charge in [-0.3, -0.25) is 5.10 Å². The molecule has 4 nitrogen and oxygen atoms in total. The molecule has 2 aromatic heterocycles. The van der Waals surface area contributed by atoms with Gasteiger partial charge in [0, 0.05) is 18.2 Å². The molecule has 0 unspecified atom stereocenters. The molecule has 0 aromatic carbocycles. The highest BCUT2D eigenvalue weighted by Crippen LogP contribution is 2.04. The van der Waals surface area contributed by atoms with Crippen molar-refractivity contribution in [1.82, 2.24) is 19.8 Å². The van der Waals surface area contributed by atoms with Gasteiger partial charge in [-0.2, -0.15) is 4.63 Å². The summed E-state index contributed by atoms with van der Waals surface area (Å²) in [5.41, 5.74) is 2.09. The van der Waals surface area contributed by atoms with Crippen LogP contribution in [0.3, 0.4) is 0 Å². The molecule has 0 atom stereocenters. The summed E-state index contributed by atoms with van der Waals surface area (Å²) in [7, 11) is 0. The summed E-state index contributed by atoms with van der Waals surface area (Å²) in [5.74, 6) is 0.893. The molecule has 0 fully saturated rings. The topological polar surface area (TPSA) is 46.0 Å². The smallest absolute Gasteiger partial charge is 0.175 e. The summed E-state index contributed by atoms with van der Waals surface area (Å²) in [4.78, 5) is 4.32. The number of nitrogens with one attached hydrogen (secondary N) is 1. The van der Waals surface area contributed by atoms with Gasteiger partial charge < -0.3 is 0 Å². The number of aromatic amines is 1. The second kappa shape index (κ2) is 2.62. The number of hydrogen-bond acceptors (Lipinski definition) is 2. The monoisotopic (exact) mass is 164 g/mol. The molecule has 0 aliphatic heterocycles. The van der Waals surface area contributed by atoms with Crippen molar-refractivity contribution in [3.8, 4) is 0 Å². The third kappa shape index (κ3) is 0.995. The van der Waals surface area contributed by atoms with E-state index in [4.69, 9.17) is 0 Å². The minimum absolute atomic E-state index is 0.886. The first-order valence-corrected chi connectivity index (χ1v) is 4.27. The summed E-state index contributed by atoms with van der Waals surface area (Å²) in [6, 6.07) is 2.03. The zero-order valence-corrected chi connectivity index (χ0v) is 7.33. The minimum Gasteiger partial charge on any atom is -0.280 e. The largest absolute Gasteiger partial charge is 0.280 e. The fourth-order valence-corrected chi connectivity index (χ4v) is 1.20. The van der Waals surface area contributed by atoms with Crippen LogP contribution >= 0.6 is 0 Å². The van der Waals surface area contributed by atoms with Gasteiger partial charge in [0.1, 0.15) is 0 Å². The van der Waals surface area contributed by atoms with E-state index in [9.17, 15) is 0 Å². The maximum atomic E-state index is 4.32. The third-order valence-electron chi connectivity index (χ3n) is 1.93. The van der Waals surface area contributed by atoms with Crippen LogP contribution in [0.1, 0.15) is 25.4 Å². The summed E-state index contributed by atoms with van der Waals surface area (Å²) in [6.07, 6.45) is 1.88. The van der Waals surface area contributed by atoms with E-state index in [1.165, 1.54) is 5.69 Å². The highest BCUT2D eigenvalue weighted by atomic mass is 15.5. The van der Waals surface area contributed by atoms with Crippen LogP contribution in [0.2, 0.25) is 0 Å². The highest BCUT2D eigenvalue weighted by Gasteiger charge is 2.03. The lowest BCUT2D eigenvalue weighted by molar-refractivity contribution is 0.767. The summed E-state index contributed by atoms with van der Waals surface area (Å²) < 4.78 is 1.73. The maximum absolute atomic E-state index is 4.32. The third-order valence-corrected chi connectivity index (χ3v) is 1.93. The molecule has 0 spiro atoms. The molecule has 0 bridgehead atoms. The van der Waals surface area contributed by atoms with Gasteiger partial charge in [-0.25, -0.2) is 4.98 Å². The Kier molecular flexibility index (Phi) is 1.60. The molecule has 0 saturated carbocycles. The van der Waals surface area contributed by atoms with E-state index in [2.05, 4.69) is 29.0 Å². The number of rotatable bonds is 2.